The molecule has 2 saturated carbocycles. The van der Waals surface area contributed by atoms with Crippen molar-refractivity contribution in [1.29, 1.82) is 0 Å². The van der Waals surface area contributed by atoms with Crippen LogP contribution < -0.4 is 0 Å². The van der Waals surface area contributed by atoms with Gasteiger partial charge in [-0.3, -0.25) is 4.79 Å². The topological polar surface area (TPSA) is 26.3 Å². The molecule has 1 aromatic carbocycles. The van der Waals surface area contributed by atoms with Crippen molar-refractivity contribution in [2.24, 2.45) is 23.2 Å². The predicted octanol–water partition coefficient (Wildman–Crippen LogP) is 10.5. The minimum atomic E-state index is -5.44. The fraction of sp³-hybridized carbons (Fsp3) is 0.794. The molecule has 8 heteroatoms. The quantitative estimate of drug-likeness (QED) is 0.111. The Balaban J connectivity index is 1.16. The third-order valence-corrected chi connectivity index (χ3v) is 11.7. The third-order valence-electron chi connectivity index (χ3n) is 10.6. The number of hydrogen-bond donors (Lipinski definition) is 0. The number of hydrogen-bond acceptors (Lipinski definition) is 3. The molecule has 0 aliphatic heterocycles. The summed E-state index contributed by atoms with van der Waals surface area (Å²) in [5.41, 5.74) is 3.19. The molecule has 0 N–H and O–H groups in total. The molecular weight excluding hydrogens is 567 g/mol. The number of thioether (sulfide) groups is 1. The van der Waals surface area contributed by atoms with Crippen molar-refractivity contribution >= 4 is 17.7 Å². The van der Waals surface area contributed by atoms with Gasteiger partial charge >= 0.3 is 18.1 Å². The summed E-state index contributed by atoms with van der Waals surface area (Å²) in [6.45, 7) is 3.93. The lowest BCUT2D eigenvalue weighted by Gasteiger charge is -2.53. The summed E-state index contributed by atoms with van der Waals surface area (Å²) in [6.07, 6.45) is 8.35. The molecule has 0 radical (unpaired) electrons. The molecule has 0 saturated heterocycles. The number of alkyl halides is 5. The summed E-state index contributed by atoms with van der Waals surface area (Å²) >= 11 is 1.48. The molecule has 1 aromatic rings. The molecule has 0 aromatic heterocycles. The predicted molar refractivity (Wildman–Crippen MR) is 160 cm³/mol. The minimum absolute atomic E-state index is 0.0521. The average Bonchev–Trinajstić information content (AvgIpc) is 3.25. The van der Waals surface area contributed by atoms with E-state index in [1.54, 1.807) is 12.5 Å². The summed E-state index contributed by atoms with van der Waals surface area (Å²) in [5.74, 6) is -0.981. The lowest BCUT2D eigenvalue weighted by Crippen LogP contribution is -2.48. The number of rotatable bonds is 15. The molecule has 3 aliphatic rings. The summed E-state index contributed by atoms with van der Waals surface area (Å²) < 4.78 is 68.4. The molecular formula is C34H49F5O2S. The van der Waals surface area contributed by atoms with Gasteiger partial charge in [0, 0.05) is 18.8 Å². The van der Waals surface area contributed by atoms with E-state index in [9.17, 15) is 26.7 Å². The van der Waals surface area contributed by atoms with Gasteiger partial charge in [0.05, 0.1) is 0 Å². The van der Waals surface area contributed by atoms with E-state index < -0.39 is 18.5 Å². The molecule has 6 atom stereocenters. The largest absolute Gasteiger partial charge is 0.462 e. The van der Waals surface area contributed by atoms with Gasteiger partial charge in [-0.2, -0.15) is 33.7 Å². The molecule has 2 fully saturated rings. The second-order valence-corrected chi connectivity index (χ2v) is 14.6. The van der Waals surface area contributed by atoms with Gasteiger partial charge in [-0.25, -0.2) is 0 Å². The van der Waals surface area contributed by atoms with E-state index in [4.69, 9.17) is 4.74 Å². The molecule has 0 bridgehead atoms. The molecule has 0 spiro atoms. The minimum Gasteiger partial charge on any atom is -0.462 e. The van der Waals surface area contributed by atoms with Crippen LogP contribution >= 0.6 is 11.8 Å². The number of carbonyl (C=O) groups is 1. The zero-order valence-corrected chi connectivity index (χ0v) is 26.1. The Hall–Kier alpha value is -1.31. The Labute approximate surface area is 253 Å². The van der Waals surface area contributed by atoms with E-state index in [0.717, 1.165) is 50.7 Å². The smallest absolute Gasteiger partial charge is 0.453 e. The SMILES string of the molecule is CC(=O)OC1CCC2C3C(CCC12C)c1ccccc1C[C@H]3CCCCCCCCCSCCCC(F)(F)C(F)(F)F. The van der Waals surface area contributed by atoms with Gasteiger partial charge in [-0.1, -0.05) is 69.7 Å². The second kappa shape index (κ2) is 14.6. The number of halogens is 5. The first-order valence-electron chi connectivity index (χ1n) is 16.2. The Bertz CT molecular complexity index is 1010. The maximum Gasteiger partial charge on any atom is 0.453 e. The summed E-state index contributed by atoms with van der Waals surface area (Å²) in [6, 6.07) is 9.06. The van der Waals surface area contributed by atoms with Crippen LogP contribution in [0.3, 0.4) is 0 Å². The van der Waals surface area contributed by atoms with Gasteiger partial charge in [0.15, 0.2) is 0 Å². The normalized spacial score (nSPS) is 29.1. The number of unbranched alkanes of at least 4 members (excludes halogenated alkanes) is 6. The Morgan fingerprint density at radius 1 is 0.929 bits per heavy atom. The molecule has 4 rings (SSSR count). The highest BCUT2D eigenvalue weighted by atomic mass is 32.2. The van der Waals surface area contributed by atoms with E-state index in [1.807, 2.05) is 0 Å². The van der Waals surface area contributed by atoms with Crippen molar-refractivity contribution in [2.45, 2.75) is 134 Å². The number of esters is 1. The van der Waals surface area contributed by atoms with Crippen molar-refractivity contribution < 1.29 is 31.5 Å². The standard InChI is InChI=1S/C34H49F5O2S/c1-24(40)41-30-17-16-29-31-26(23-25-13-9-10-15-27(25)28(31)18-20-32(29,30)2)14-8-6-4-3-5-7-11-21-42-22-12-19-33(35,36)34(37,38)39/h9-10,13,15,26,28-31H,3-8,11-12,14,16-23H2,1-2H3/t26-,28?,29?,30?,31?,32?/m1/s1. The third kappa shape index (κ3) is 8.04. The second-order valence-electron chi connectivity index (χ2n) is 13.4. The van der Waals surface area contributed by atoms with E-state index in [2.05, 4.69) is 31.2 Å². The molecule has 42 heavy (non-hydrogen) atoms. The van der Waals surface area contributed by atoms with Crippen LogP contribution in [0.2, 0.25) is 0 Å². The highest BCUT2D eigenvalue weighted by molar-refractivity contribution is 7.99. The first-order valence-corrected chi connectivity index (χ1v) is 17.4. The Kier molecular flexibility index (Phi) is 11.7. The zero-order valence-electron chi connectivity index (χ0n) is 25.3. The van der Waals surface area contributed by atoms with Crippen LogP contribution in [-0.4, -0.2) is 35.7 Å². The Morgan fingerprint density at radius 3 is 2.31 bits per heavy atom. The highest BCUT2D eigenvalue weighted by Crippen LogP contribution is 2.63. The highest BCUT2D eigenvalue weighted by Gasteiger charge is 2.58. The maximum atomic E-state index is 12.9. The summed E-state index contributed by atoms with van der Waals surface area (Å²) in [4.78, 5) is 11.8. The number of fused-ring (bicyclic) bond motifs is 5. The van der Waals surface area contributed by atoms with Gasteiger partial charge in [-0.15, -0.1) is 0 Å². The number of ether oxygens (including phenoxy) is 1. The van der Waals surface area contributed by atoms with Crippen molar-refractivity contribution in [3.63, 3.8) is 0 Å². The van der Waals surface area contributed by atoms with Gasteiger partial charge in [0.25, 0.3) is 0 Å². The van der Waals surface area contributed by atoms with Gasteiger partial charge in [-0.05, 0) is 97.7 Å². The van der Waals surface area contributed by atoms with E-state index in [0.29, 0.717) is 29.4 Å². The molecule has 5 unspecified atom stereocenters. The van der Waals surface area contributed by atoms with Gasteiger partial charge in [0.2, 0.25) is 0 Å². The van der Waals surface area contributed by atoms with Crippen LogP contribution in [0, 0.1) is 23.2 Å². The van der Waals surface area contributed by atoms with Crippen LogP contribution in [0.4, 0.5) is 22.0 Å². The van der Waals surface area contributed by atoms with E-state index >= 15 is 0 Å². The fourth-order valence-corrected chi connectivity index (χ4v) is 9.45. The van der Waals surface area contributed by atoms with Crippen LogP contribution in [0.1, 0.15) is 121 Å². The Morgan fingerprint density at radius 2 is 1.60 bits per heavy atom. The van der Waals surface area contributed by atoms with Crippen molar-refractivity contribution in [2.75, 3.05) is 11.5 Å². The monoisotopic (exact) mass is 616 g/mol. The molecule has 0 amide bonds. The molecule has 3 aliphatic carbocycles. The van der Waals surface area contributed by atoms with Crippen LogP contribution in [0.25, 0.3) is 0 Å². The fourth-order valence-electron chi connectivity index (χ4n) is 8.49. The first kappa shape index (κ1) is 33.6. The van der Waals surface area contributed by atoms with Gasteiger partial charge < -0.3 is 4.74 Å². The average molecular weight is 617 g/mol. The van der Waals surface area contributed by atoms with Crippen molar-refractivity contribution in [3.8, 4) is 0 Å². The van der Waals surface area contributed by atoms with E-state index in [-0.39, 0.29) is 23.9 Å². The van der Waals surface area contributed by atoms with Gasteiger partial charge in [0.1, 0.15) is 6.10 Å². The van der Waals surface area contributed by atoms with Crippen LogP contribution in [-0.2, 0) is 16.0 Å². The first-order chi connectivity index (χ1) is 19.9. The van der Waals surface area contributed by atoms with Crippen LogP contribution in [0.15, 0.2) is 24.3 Å². The van der Waals surface area contributed by atoms with E-state index in [1.165, 1.54) is 55.9 Å². The number of carbonyl (C=O) groups excluding carboxylic acids is 1. The van der Waals surface area contributed by atoms with Crippen LogP contribution in [0.5, 0.6) is 0 Å². The zero-order chi connectivity index (χ0) is 30.4. The summed E-state index contributed by atoms with van der Waals surface area (Å²) in [5, 5.41) is 0. The molecule has 238 valence electrons. The molecule has 0 heterocycles. The lowest BCUT2D eigenvalue weighted by atomic mass is 9.52. The van der Waals surface area contributed by atoms with Crippen molar-refractivity contribution in [3.05, 3.63) is 35.4 Å². The molecule has 2 nitrogen and oxygen atoms in total. The van der Waals surface area contributed by atoms with Crippen molar-refractivity contribution in [1.82, 2.24) is 0 Å². The summed E-state index contributed by atoms with van der Waals surface area (Å²) in [7, 11) is 0. The maximum absolute atomic E-state index is 12.9. The number of benzene rings is 1. The lowest BCUT2D eigenvalue weighted by molar-refractivity contribution is -0.284.